The van der Waals surface area contributed by atoms with E-state index >= 15 is 0 Å². The van der Waals surface area contributed by atoms with Gasteiger partial charge in [-0.05, 0) is 49.7 Å². The third-order valence-corrected chi connectivity index (χ3v) is 5.54. The van der Waals surface area contributed by atoms with Crippen LogP contribution in [-0.4, -0.2) is 0 Å². The highest BCUT2D eigenvalue weighted by Gasteiger charge is 2.27. The molecule has 0 aliphatic rings. The van der Waals surface area contributed by atoms with Crippen LogP contribution < -0.4 is 18.1 Å². The zero-order valence-electron chi connectivity index (χ0n) is 17.4. The summed E-state index contributed by atoms with van der Waals surface area (Å²) in [6.07, 6.45) is 6.04. The molecule has 6 nitrogen and oxygen atoms in total. The van der Waals surface area contributed by atoms with E-state index in [1.54, 1.807) is 54.6 Å². The fourth-order valence-electron chi connectivity index (χ4n) is 2.73. The number of hydrogen-bond acceptors (Lipinski definition) is 6. The summed E-state index contributed by atoms with van der Waals surface area (Å²) >= 11 is 0. The Labute approximate surface area is 189 Å². The van der Waals surface area contributed by atoms with E-state index in [0.717, 1.165) is 11.1 Å². The maximum absolute atomic E-state index is 12.3. The summed E-state index contributed by atoms with van der Waals surface area (Å²) in [6, 6.07) is 20.6. The largest absolute Gasteiger partial charge is 0.805 e. The maximum atomic E-state index is 12.3. The summed E-state index contributed by atoms with van der Waals surface area (Å²) in [5.74, 6) is 1.56. The SMILES string of the molecule is C=CCc1ccccc1O[P+](=O)Oc1ccc(O[P+](=O)Oc2ccccc2C=CC)cc1. The molecule has 3 aromatic carbocycles. The number of benzene rings is 3. The van der Waals surface area contributed by atoms with Crippen LogP contribution in [0.1, 0.15) is 18.1 Å². The monoisotopic (exact) mass is 468 g/mol. The van der Waals surface area contributed by atoms with Gasteiger partial charge in [-0.2, -0.15) is 0 Å². The first kappa shape index (κ1) is 23.2. The molecule has 2 unspecified atom stereocenters. The van der Waals surface area contributed by atoms with Crippen LogP contribution in [0.2, 0.25) is 0 Å². The Balaban J connectivity index is 1.56. The van der Waals surface area contributed by atoms with Crippen LogP contribution in [0.3, 0.4) is 0 Å². The highest BCUT2D eigenvalue weighted by molar-refractivity contribution is 7.34. The zero-order chi connectivity index (χ0) is 22.8. The van der Waals surface area contributed by atoms with Crippen molar-refractivity contribution in [2.24, 2.45) is 0 Å². The smallest absolute Gasteiger partial charge is 0.222 e. The van der Waals surface area contributed by atoms with Gasteiger partial charge in [0.15, 0.2) is 23.0 Å². The Bertz CT molecular complexity index is 1130. The lowest BCUT2D eigenvalue weighted by Gasteiger charge is -2.01. The Morgan fingerprint density at radius 3 is 1.88 bits per heavy atom. The predicted molar refractivity (Wildman–Crippen MR) is 126 cm³/mol. The first-order valence-corrected chi connectivity index (χ1v) is 11.9. The summed E-state index contributed by atoms with van der Waals surface area (Å²) in [5.41, 5.74) is 1.65. The fourth-order valence-corrected chi connectivity index (χ4v) is 4.06. The summed E-state index contributed by atoms with van der Waals surface area (Å²) < 4.78 is 46.1. The van der Waals surface area contributed by atoms with Crippen LogP contribution in [0.4, 0.5) is 0 Å². The van der Waals surface area contributed by atoms with E-state index in [0.29, 0.717) is 29.4 Å². The predicted octanol–water partition coefficient (Wildman–Crippen LogP) is 7.68. The zero-order valence-corrected chi connectivity index (χ0v) is 19.2. The second kappa shape index (κ2) is 11.8. The molecule has 0 bridgehead atoms. The van der Waals surface area contributed by atoms with Gasteiger partial charge in [0.1, 0.15) is 0 Å². The Kier molecular flexibility index (Phi) is 8.56. The standard InChI is InChI=1S/C24H22O6P2/c1-3-9-19-11-5-7-13-23(19)29-31(25)27-21-15-17-22(18-16-21)28-32(26)30-24-14-8-6-12-20(24)10-4-2/h3-8,10-18H,1,9H2,2H3/q+2. The number of allylic oxidation sites excluding steroid dienone is 2. The van der Waals surface area contributed by atoms with Gasteiger partial charge in [0.25, 0.3) is 0 Å². The molecule has 0 fully saturated rings. The second-order valence-electron chi connectivity index (χ2n) is 6.42. The lowest BCUT2D eigenvalue weighted by Crippen LogP contribution is -1.93. The molecule has 0 aliphatic heterocycles. The molecule has 3 rings (SSSR count). The quantitative estimate of drug-likeness (QED) is 0.212. The Morgan fingerprint density at radius 1 is 0.750 bits per heavy atom. The van der Waals surface area contributed by atoms with Crippen molar-refractivity contribution in [1.82, 2.24) is 0 Å². The van der Waals surface area contributed by atoms with Crippen molar-refractivity contribution in [3.63, 3.8) is 0 Å². The first-order valence-electron chi connectivity index (χ1n) is 9.76. The van der Waals surface area contributed by atoms with Crippen LogP contribution in [-0.2, 0) is 15.6 Å². The molecule has 3 aromatic rings. The minimum absolute atomic E-state index is 0.314. The van der Waals surface area contributed by atoms with Gasteiger partial charge in [0, 0.05) is 20.3 Å². The Morgan fingerprint density at radius 2 is 1.28 bits per heavy atom. The van der Waals surface area contributed by atoms with Crippen LogP contribution in [0.15, 0.2) is 91.5 Å². The van der Waals surface area contributed by atoms with E-state index < -0.39 is 16.5 Å². The summed E-state index contributed by atoms with van der Waals surface area (Å²) in [4.78, 5) is 0. The molecule has 0 aliphatic carbocycles. The third kappa shape index (κ3) is 6.78. The minimum Gasteiger partial charge on any atom is -0.222 e. The fraction of sp³-hybridized carbons (Fsp3) is 0.0833. The highest BCUT2D eigenvalue weighted by atomic mass is 31.1. The lowest BCUT2D eigenvalue weighted by atomic mass is 10.1. The van der Waals surface area contributed by atoms with Gasteiger partial charge in [0.2, 0.25) is 0 Å². The number of para-hydroxylation sites is 2. The topological polar surface area (TPSA) is 71.1 Å². The van der Waals surface area contributed by atoms with Gasteiger partial charge in [-0.25, -0.2) is 18.1 Å². The van der Waals surface area contributed by atoms with Crippen LogP contribution >= 0.6 is 16.5 Å². The first-order chi connectivity index (χ1) is 15.6. The molecule has 32 heavy (non-hydrogen) atoms. The maximum Gasteiger partial charge on any atom is 0.805 e. The summed E-state index contributed by atoms with van der Waals surface area (Å²) in [6.45, 7) is 5.59. The molecular formula is C24H22O6P2+2. The van der Waals surface area contributed by atoms with Crippen molar-refractivity contribution in [3.8, 4) is 23.0 Å². The molecule has 2 atom stereocenters. The lowest BCUT2D eigenvalue weighted by molar-refractivity contribution is 0.409. The second-order valence-corrected chi connectivity index (χ2v) is 8.05. The highest BCUT2D eigenvalue weighted by Crippen LogP contribution is 2.36. The van der Waals surface area contributed by atoms with Gasteiger partial charge in [-0.1, -0.05) is 54.6 Å². The molecule has 162 valence electrons. The number of hydrogen-bond donors (Lipinski definition) is 0. The van der Waals surface area contributed by atoms with E-state index in [2.05, 4.69) is 6.58 Å². The van der Waals surface area contributed by atoms with Gasteiger partial charge in [-0.3, -0.25) is 0 Å². The summed E-state index contributed by atoms with van der Waals surface area (Å²) in [7, 11) is -4.88. The van der Waals surface area contributed by atoms with E-state index in [-0.39, 0.29) is 0 Å². The average molecular weight is 468 g/mol. The molecule has 0 radical (unpaired) electrons. The van der Waals surface area contributed by atoms with Crippen LogP contribution in [0, 0.1) is 0 Å². The Hall–Kier alpha value is -3.46. The summed E-state index contributed by atoms with van der Waals surface area (Å²) in [5, 5.41) is 0. The van der Waals surface area contributed by atoms with E-state index in [9.17, 15) is 9.13 Å². The number of rotatable bonds is 11. The minimum atomic E-state index is -2.44. The van der Waals surface area contributed by atoms with Crippen molar-refractivity contribution >= 4 is 22.6 Å². The van der Waals surface area contributed by atoms with Crippen LogP contribution in [0.5, 0.6) is 23.0 Å². The molecule has 0 saturated carbocycles. The van der Waals surface area contributed by atoms with E-state index in [4.69, 9.17) is 18.1 Å². The molecule has 0 aromatic heterocycles. The van der Waals surface area contributed by atoms with Crippen molar-refractivity contribution in [3.05, 3.63) is 103 Å². The molecular weight excluding hydrogens is 446 g/mol. The van der Waals surface area contributed by atoms with Crippen molar-refractivity contribution in [2.75, 3.05) is 0 Å². The van der Waals surface area contributed by atoms with Crippen LogP contribution in [0.25, 0.3) is 6.08 Å². The van der Waals surface area contributed by atoms with Crippen molar-refractivity contribution in [2.45, 2.75) is 13.3 Å². The molecule has 0 N–H and O–H groups in total. The third-order valence-electron chi connectivity index (χ3n) is 4.13. The van der Waals surface area contributed by atoms with Gasteiger partial charge >= 0.3 is 16.5 Å². The van der Waals surface area contributed by atoms with Gasteiger partial charge < -0.3 is 0 Å². The molecule has 0 heterocycles. The van der Waals surface area contributed by atoms with Crippen molar-refractivity contribution in [1.29, 1.82) is 0 Å². The normalized spacial score (nSPS) is 11.5. The van der Waals surface area contributed by atoms with E-state index in [1.807, 2.05) is 43.3 Å². The van der Waals surface area contributed by atoms with Gasteiger partial charge in [-0.15, -0.1) is 6.58 Å². The molecule has 0 spiro atoms. The molecule has 8 heteroatoms. The van der Waals surface area contributed by atoms with Gasteiger partial charge in [0.05, 0.1) is 0 Å². The molecule has 0 saturated heterocycles. The average Bonchev–Trinajstić information content (AvgIpc) is 2.78. The van der Waals surface area contributed by atoms with Crippen molar-refractivity contribution < 1.29 is 27.2 Å². The van der Waals surface area contributed by atoms with E-state index in [1.165, 1.54) is 0 Å². The molecule has 0 amide bonds.